The maximum absolute atomic E-state index is 14.0. The number of hydrogen-bond acceptors (Lipinski definition) is 7. The van der Waals surface area contributed by atoms with Crippen LogP contribution in [0.3, 0.4) is 0 Å². The summed E-state index contributed by atoms with van der Waals surface area (Å²) in [7, 11) is 0. The van der Waals surface area contributed by atoms with Gasteiger partial charge in [0.25, 0.3) is 5.91 Å². The first-order valence-electron chi connectivity index (χ1n) is 15.5. The van der Waals surface area contributed by atoms with Crippen molar-refractivity contribution in [1.29, 1.82) is 0 Å². The van der Waals surface area contributed by atoms with E-state index in [4.69, 9.17) is 10.2 Å². The van der Waals surface area contributed by atoms with E-state index in [1.807, 2.05) is 32.9 Å². The maximum Gasteiger partial charge on any atom is 0.315 e. The van der Waals surface area contributed by atoms with Crippen molar-refractivity contribution < 1.29 is 28.4 Å². The van der Waals surface area contributed by atoms with Gasteiger partial charge in [-0.3, -0.25) is 19.2 Å². The molecule has 2 unspecified atom stereocenters. The summed E-state index contributed by atoms with van der Waals surface area (Å²) in [5.74, 6) is -0.103. The molecule has 2 heterocycles. The molecule has 5 N–H and O–H groups in total. The molecule has 246 valence electrons. The lowest BCUT2D eigenvalue weighted by molar-refractivity contribution is -0.143. The lowest BCUT2D eigenvalue weighted by Crippen LogP contribution is -2.62. The minimum atomic E-state index is -1.08. The van der Waals surface area contributed by atoms with Crippen LogP contribution in [-0.4, -0.2) is 70.4 Å². The zero-order chi connectivity index (χ0) is 31.2. The number of nitrogens with two attached hydrogens (primary N) is 1. The van der Waals surface area contributed by atoms with Gasteiger partial charge in [0.2, 0.25) is 17.6 Å². The molecule has 5 amide bonds. The van der Waals surface area contributed by atoms with Gasteiger partial charge in [0.05, 0.1) is 23.6 Å². The highest BCUT2D eigenvalue weighted by Crippen LogP contribution is 2.34. The van der Waals surface area contributed by atoms with Crippen LogP contribution in [0.1, 0.15) is 98.2 Å². The lowest BCUT2D eigenvalue weighted by Gasteiger charge is -2.40. The van der Waals surface area contributed by atoms with Crippen LogP contribution >= 0.6 is 11.8 Å². The number of carbonyl (C=O) groups is 5. The van der Waals surface area contributed by atoms with Gasteiger partial charge >= 0.3 is 6.03 Å². The second-order valence-corrected chi connectivity index (χ2v) is 14.5. The fourth-order valence-corrected chi connectivity index (χ4v) is 7.38. The summed E-state index contributed by atoms with van der Waals surface area (Å²) < 4.78 is 5.46. The summed E-state index contributed by atoms with van der Waals surface area (Å²) in [6.45, 7) is 6.01. The van der Waals surface area contributed by atoms with Crippen molar-refractivity contribution in [1.82, 2.24) is 20.9 Å². The van der Waals surface area contributed by atoms with Crippen molar-refractivity contribution in [2.75, 3.05) is 12.3 Å². The fourth-order valence-electron chi connectivity index (χ4n) is 6.16. The van der Waals surface area contributed by atoms with E-state index in [-0.39, 0.29) is 24.8 Å². The number of nitrogens with zero attached hydrogens (tertiary/aromatic N) is 1. The topological polar surface area (TPSA) is 164 Å². The summed E-state index contributed by atoms with van der Waals surface area (Å²) in [4.78, 5) is 66.4. The van der Waals surface area contributed by atoms with E-state index >= 15 is 0 Å². The van der Waals surface area contributed by atoms with Gasteiger partial charge in [0.1, 0.15) is 17.8 Å². The Labute approximate surface area is 265 Å². The van der Waals surface area contributed by atoms with Crippen LogP contribution in [0, 0.1) is 11.3 Å². The van der Waals surface area contributed by atoms with Gasteiger partial charge in [-0.15, -0.1) is 0 Å². The summed E-state index contributed by atoms with van der Waals surface area (Å²) in [5, 5.41) is 8.91. The van der Waals surface area contributed by atoms with E-state index in [0.29, 0.717) is 31.6 Å². The average molecular weight is 634 g/mol. The second-order valence-electron chi connectivity index (χ2n) is 13.5. The number of carbonyl (C=O) groups excluding carboxylic acids is 5. The Morgan fingerprint density at radius 3 is 2.36 bits per heavy atom. The first kappa shape index (κ1) is 35.5. The third-order valence-corrected chi connectivity index (χ3v) is 10.0. The first-order valence-corrected chi connectivity index (χ1v) is 16.7. The predicted octanol–water partition coefficient (Wildman–Crippen LogP) is 3.90. The maximum atomic E-state index is 14.0. The largest absolute Gasteiger partial charge is 0.468 e. The van der Waals surface area contributed by atoms with Gasteiger partial charge in [-0.1, -0.05) is 60.3 Å². The molecule has 1 aliphatic heterocycles. The molecule has 1 saturated heterocycles. The number of rotatable bonds is 13. The number of urea groups is 1. The molecule has 4 rings (SSSR count). The van der Waals surface area contributed by atoms with Crippen LogP contribution in [0.2, 0.25) is 0 Å². The van der Waals surface area contributed by atoms with Gasteiger partial charge in [-0.25, -0.2) is 4.79 Å². The molecule has 0 aromatic carbocycles. The normalized spacial score (nSPS) is 21.0. The highest BCUT2D eigenvalue weighted by atomic mass is 32.2. The van der Waals surface area contributed by atoms with Crippen LogP contribution in [0.4, 0.5) is 4.79 Å². The SMILES string of the molecule is C.CC(C)(C)C(NC(=O)NC1(CSCc2ccco2)CCCCC1)C(=O)N1CCC[C@H]1C(=O)NC(CC1CC1)C(=O)C(N)=O. The van der Waals surface area contributed by atoms with Crippen molar-refractivity contribution in [3.8, 4) is 0 Å². The summed E-state index contributed by atoms with van der Waals surface area (Å²) in [5.41, 5.74) is 4.22. The smallest absolute Gasteiger partial charge is 0.315 e. The molecule has 44 heavy (non-hydrogen) atoms. The van der Waals surface area contributed by atoms with E-state index < -0.39 is 47.2 Å². The zero-order valence-electron chi connectivity index (χ0n) is 25.6. The Morgan fingerprint density at radius 2 is 1.77 bits per heavy atom. The summed E-state index contributed by atoms with van der Waals surface area (Å²) in [6, 6.07) is 0.734. The van der Waals surface area contributed by atoms with E-state index in [1.165, 1.54) is 4.90 Å². The Balaban J connectivity index is 0.00000529. The van der Waals surface area contributed by atoms with Crippen molar-refractivity contribution in [2.45, 2.75) is 122 Å². The second kappa shape index (κ2) is 15.3. The molecular formula is C32H51N5O6S. The highest BCUT2D eigenvalue weighted by Gasteiger charge is 2.44. The number of furan rings is 1. The number of likely N-dealkylation sites (tertiary alicyclic amines) is 1. The Bertz CT molecular complexity index is 1160. The quantitative estimate of drug-likeness (QED) is 0.239. The molecule has 0 bridgehead atoms. The average Bonchev–Trinajstić information content (AvgIpc) is 3.38. The molecular weight excluding hydrogens is 582 g/mol. The van der Waals surface area contributed by atoms with Gasteiger partial charge in [0.15, 0.2) is 0 Å². The van der Waals surface area contributed by atoms with Crippen LogP contribution in [0.15, 0.2) is 22.8 Å². The monoisotopic (exact) mass is 633 g/mol. The fraction of sp³-hybridized carbons (Fsp3) is 0.719. The molecule has 3 atom stereocenters. The Kier molecular flexibility index (Phi) is 12.3. The van der Waals surface area contributed by atoms with Gasteiger partial charge in [-0.05, 0) is 55.6 Å². The van der Waals surface area contributed by atoms with E-state index in [9.17, 15) is 24.0 Å². The minimum Gasteiger partial charge on any atom is -0.468 e. The highest BCUT2D eigenvalue weighted by molar-refractivity contribution is 7.98. The molecule has 0 radical (unpaired) electrons. The summed E-state index contributed by atoms with van der Waals surface area (Å²) >= 11 is 1.72. The van der Waals surface area contributed by atoms with E-state index in [0.717, 1.165) is 56.5 Å². The zero-order valence-corrected chi connectivity index (χ0v) is 26.4. The number of Topliss-reactive ketones (excluding diaryl/α,β-unsaturated/α-hetero) is 1. The Morgan fingerprint density at radius 1 is 1.07 bits per heavy atom. The Hall–Kier alpha value is -3.02. The number of thioether (sulfide) groups is 1. The number of ketones is 1. The van der Waals surface area contributed by atoms with Crippen LogP contribution in [0.5, 0.6) is 0 Å². The molecule has 3 aliphatic rings. The van der Waals surface area contributed by atoms with Gasteiger partial charge < -0.3 is 31.0 Å². The number of nitrogens with one attached hydrogen (secondary N) is 3. The summed E-state index contributed by atoms with van der Waals surface area (Å²) in [6.07, 6.45) is 9.83. The molecule has 11 nitrogen and oxygen atoms in total. The molecule has 1 aromatic heterocycles. The molecule has 1 aromatic rings. The van der Waals surface area contributed by atoms with Crippen molar-refractivity contribution in [3.05, 3.63) is 24.2 Å². The van der Waals surface area contributed by atoms with Crippen LogP contribution in [0.25, 0.3) is 0 Å². The number of primary amides is 1. The van der Waals surface area contributed by atoms with E-state index in [2.05, 4.69) is 16.0 Å². The molecule has 3 fully saturated rings. The molecule has 0 spiro atoms. The first-order chi connectivity index (χ1) is 20.4. The third-order valence-electron chi connectivity index (χ3n) is 8.76. The van der Waals surface area contributed by atoms with Crippen molar-refractivity contribution in [2.24, 2.45) is 17.1 Å². The van der Waals surface area contributed by atoms with E-state index in [1.54, 1.807) is 18.0 Å². The van der Waals surface area contributed by atoms with Crippen molar-refractivity contribution >= 4 is 41.3 Å². The molecule has 2 aliphatic carbocycles. The predicted molar refractivity (Wildman–Crippen MR) is 171 cm³/mol. The molecule has 2 saturated carbocycles. The van der Waals surface area contributed by atoms with Crippen LogP contribution < -0.4 is 21.7 Å². The number of amides is 5. The van der Waals surface area contributed by atoms with Gasteiger partial charge in [0, 0.05) is 12.3 Å². The van der Waals surface area contributed by atoms with Gasteiger partial charge in [-0.2, -0.15) is 11.8 Å². The molecule has 12 heteroatoms. The lowest BCUT2D eigenvalue weighted by atomic mass is 9.83. The minimum absolute atomic E-state index is 0. The standard InChI is InChI=1S/C31H47N5O6S.CH4/c1-30(2,3)25(34-29(41)35-31(13-5-4-6-14-31)19-43-18-21-9-8-16-42-21)28(40)36-15-7-10-23(36)27(39)33-22(17-20-11-12-20)24(37)26(32)38;/h8-9,16,20,22-23,25H,4-7,10-15,17-19H2,1-3H3,(H2,32,38)(H,33,39)(H2,34,35,41);1H4/t22?,23-,25?;/m0./s1. The van der Waals surface area contributed by atoms with Crippen molar-refractivity contribution in [3.63, 3.8) is 0 Å². The number of hydrogen-bond donors (Lipinski definition) is 4. The third kappa shape index (κ3) is 9.49. The van der Waals surface area contributed by atoms with Crippen LogP contribution in [-0.2, 0) is 24.9 Å².